The van der Waals surface area contributed by atoms with Crippen LogP contribution in [-0.2, 0) is 14.8 Å². The molecule has 1 aromatic carbocycles. The van der Waals surface area contributed by atoms with Crippen molar-refractivity contribution in [3.05, 3.63) is 30.1 Å². The van der Waals surface area contributed by atoms with Crippen molar-refractivity contribution in [1.82, 2.24) is 10.3 Å². The second-order valence-electron chi connectivity index (χ2n) is 3.70. The minimum Gasteiger partial charge on any atom is -0.277 e. The molecule has 0 atom stereocenters. The van der Waals surface area contributed by atoms with Crippen LogP contribution < -0.4 is 10.3 Å². The molecular weight excluding hydrogens is 247 g/mol. The predicted molar refractivity (Wildman–Crippen MR) is 59.7 cm³/mol. The smallest absolute Gasteiger partial charge is 0.257 e. The van der Waals surface area contributed by atoms with Gasteiger partial charge in [-0.05, 0) is 24.3 Å². The number of hydrogen-bond donors (Lipinski definition) is 2. The van der Waals surface area contributed by atoms with Crippen LogP contribution in [0.3, 0.4) is 0 Å². The normalized spacial score (nSPS) is 11.5. The van der Waals surface area contributed by atoms with Crippen LogP contribution in [0, 0.1) is 11.7 Å². The third kappa shape index (κ3) is 3.79. The van der Waals surface area contributed by atoms with Crippen LogP contribution in [0.15, 0.2) is 29.2 Å². The van der Waals surface area contributed by atoms with Gasteiger partial charge in [0.05, 0.1) is 4.90 Å². The van der Waals surface area contributed by atoms with E-state index >= 15 is 0 Å². The summed E-state index contributed by atoms with van der Waals surface area (Å²) in [5.74, 6) is -1.32. The van der Waals surface area contributed by atoms with E-state index in [2.05, 4.69) is 5.43 Å². The molecular formula is C10H13FN2O3S. The van der Waals surface area contributed by atoms with Gasteiger partial charge in [-0.1, -0.05) is 13.8 Å². The van der Waals surface area contributed by atoms with E-state index in [9.17, 15) is 17.6 Å². The highest BCUT2D eigenvalue weighted by Gasteiger charge is 2.15. The zero-order chi connectivity index (χ0) is 13.1. The second kappa shape index (κ2) is 5.24. The minimum atomic E-state index is -3.85. The summed E-state index contributed by atoms with van der Waals surface area (Å²) in [7, 11) is -3.85. The van der Waals surface area contributed by atoms with Gasteiger partial charge in [0.25, 0.3) is 10.0 Å². The lowest BCUT2D eigenvalue weighted by Gasteiger charge is -2.09. The van der Waals surface area contributed by atoms with E-state index < -0.39 is 21.7 Å². The molecule has 0 radical (unpaired) electrons. The Kier molecular flexibility index (Phi) is 4.19. The summed E-state index contributed by atoms with van der Waals surface area (Å²) in [5, 5.41) is 0. The number of sulfonamides is 1. The molecule has 0 fully saturated rings. The molecule has 0 aromatic heterocycles. The van der Waals surface area contributed by atoms with Crippen molar-refractivity contribution >= 4 is 15.9 Å². The predicted octanol–water partition coefficient (Wildman–Crippen LogP) is 0.791. The largest absolute Gasteiger partial charge is 0.277 e. The Bertz CT molecular complexity index is 497. The number of halogens is 1. The summed E-state index contributed by atoms with van der Waals surface area (Å²) in [4.78, 5) is 13.0. The molecule has 1 amide bonds. The summed E-state index contributed by atoms with van der Waals surface area (Å²) in [5.41, 5.74) is 2.06. The van der Waals surface area contributed by atoms with Gasteiger partial charge in [-0.25, -0.2) is 12.8 Å². The number of benzene rings is 1. The zero-order valence-corrected chi connectivity index (χ0v) is 10.2. The Hall–Kier alpha value is -1.47. The summed E-state index contributed by atoms with van der Waals surface area (Å²) < 4.78 is 35.9. The van der Waals surface area contributed by atoms with Crippen LogP contribution >= 0.6 is 0 Å². The number of carbonyl (C=O) groups excluding carboxylic acids is 1. The SMILES string of the molecule is CC(C)C(=O)NNS(=O)(=O)c1ccc(F)cc1. The highest BCUT2D eigenvalue weighted by molar-refractivity contribution is 7.89. The van der Waals surface area contributed by atoms with Gasteiger partial charge in [0.2, 0.25) is 5.91 Å². The van der Waals surface area contributed by atoms with Crippen molar-refractivity contribution < 1.29 is 17.6 Å². The van der Waals surface area contributed by atoms with E-state index in [0.717, 1.165) is 24.3 Å². The third-order valence-corrected chi connectivity index (χ3v) is 3.22. The lowest BCUT2D eigenvalue weighted by atomic mass is 10.2. The zero-order valence-electron chi connectivity index (χ0n) is 9.40. The fourth-order valence-corrected chi connectivity index (χ4v) is 1.78. The average Bonchev–Trinajstić information content (AvgIpc) is 2.26. The highest BCUT2D eigenvalue weighted by atomic mass is 32.2. The molecule has 0 unspecified atom stereocenters. The van der Waals surface area contributed by atoms with E-state index in [1.54, 1.807) is 13.8 Å². The summed E-state index contributed by atoms with van der Waals surface area (Å²) in [6.07, 6.45) is 0. The molecule has 2 N–H and O–H groups in total. The monoisotopic (exact) mass is 260 g/mol. The van der Waals surface area contributed by atoms with Crippen molar-refractivity contribution in [3.63, 3.8) is 0 Å². The standard InChI is InChI=1S/C10H13FN2O3S/c1-7(2)10(14)12-13-17(15,16)9-5-3-8(11)4-6-9/h3-7,13H,1-2H3,(H,12,14). The number of hydrazine groups is 1. The number of nitrogens with one attached hydrogen (secondary N) is 2. The molecule has 0 saturated carbocycles. The molecule has 0 bridgehead atoms. The number of carbonyl (C=O) groups is 1. The third-order valence-electron chi connectivity index (χ3n) is 1.96. The van der Waals surface area contributed by atoms with Crippen LogP contribution in [0.25, 0.3) is 0 Å². The molecule has 1 rings (SSSR count). The topological polar surface area (TPSA) is 75.3 Å². The van der Waals surface area contributed by atoms with E-state index in [4.69, 9.17) is 0 Å². The summed E-state index contributed by atoms with van der Waals surface area (Å²) in [6.45, 7) is 3.25. The molecule has 5 nitrogen and oxygen atoms in total. The first-order valence-electron chi connectivity index (χ1n) is 4.90. The maximum absolute atomic E-state index is 12.6. The van der Waals surface area contributed by atoms with Crippen LogP contribution in [0.1, 0.15) is 13.8 Å². The summed E-state index contributed by atoms with van der Waals surface area (Å²) in [6, 6.07) is 4.27. The Morgan fingerprint density at radius 1 is 1.24 bits per heavy atom. The van der Waals surface area contributed by atoms with Gasteiger partial charge >= 0.3 is 0 Å². The van der Waals surface area contributed by atoms with Gasteiger partial charge < -0.3 is 0 Å². The van der Waals surface area contributed by atoms with Gasteiger partial charge in [-0.3, -0.25) is 10.2 Å². The first-order chi connectivity index (χ1) is 7.83. The van der Waals surface area contributed by atoms with E-state index in [-0.39, 0.29) is 10.8 Å². The van der Waals surface area contributed by atoms with Crippen molar-refractivity contribution in [1.29, 1.82) is 0 Å². The van der Waals surface area contributed by atoms with Gasteiger partial charge in [0, 0.05) is 5.92 Å². The average molecular weight is 260 g/mol. The molecule has 17 heavy (non-hydrogen) atoms. The minimum absolute atomic E-state index is 0.122. The molecule has 0 saturated heterocycles. The van der Waals surface area contributed by atoms with Crippen molar-refractivity contribution in [2.75, 3.05) is 0 Å². The van der Waals surface area contributed by atoms with Gasteiger partial charge in [0.15, 0.2) is 0 Å². The highest BCUT2D eigenvalue weighted by Crippen LogP contribution is 2.08. The molecule has 0 aliphatic carbocycles. The first kappa shape index (κ1) is 13.6. The molecule has 0 heterocycles. The maximum atomic E-state index is 12.6. The van der Waals surface area contributed by atoms with Crippen molar-refractivity contribution in [3.8, 4) is 0 Å². The van der Waals surface area contributed by atoms with Crippen molar-refractivity contribution in [2.45, 2.75) is 18.7 Å². The fourth-order valence-electron chi connectivity index (χ4n) is 0.934. The Morgan fingerprint density at radius 3 is 2.24 bits per heavy atom. The summed E-state index contributed by atoms with van der Waals surface area (Å²) >= 11 is 0. The Balaban J connectivity index is 2.76. The molecule has 1 aromatic rings. The number of hydrogen-bond acceptors (Lipinski definition) is 3. The maximum Gasteiger partial charge on any atom is 0.257 e. The molecule has 7 heteroatoms. The van der Waals surface area contributed by atoms with Crippen LogP contribution in [-0.4, -0.2) is 14.3 Å². The van der Waals surface area contributed by atoms with E-state index in [0.29, 0.717) is 0 Å². The van der Waals surface area contributed by atoms with Crippen LogP contribution in [0.5, 0.6) is 0 Å². The van der Waals surface area contributed by atoms with Crippen molar-refractivity contribution in [2.24, 2.45) is 5.92 Å². The fraction of sp³-hybridized carbons (Fsp3) is 0.300. The van der Waals surface area contributed by atoms with E-state index in [1.807, 2.05) is 4.83 Å². The Morgan fingerprint density at radius 2 is 1.76 bits per heavy atom. The molecule has 94 valence electrons. The van der Waals surface area contributed by atoms with E-state index in [1.165, 1.54) is 0 Å². The van der Waals surface area contributed by atoms with Crippen LogP contribution in [0.4, 0.5) is 4.39 Å². The van der Waals surface area contributed by atoms with Gasteiger partial charge in [-0.2, -0.15) is 0 Å². The lowest BCUT2D eigenvalue weighted by molar-refractivity contribution is -0.124. The lowest BCUT2D eigenvalue weighted by Crippen LogP contribution is -2.43. The quantitative estimate of drug-likeness (QED) is 0.786. The second-order valence-corrected chi connectivity index (χ2v) is 5.39. The number of amides is 1. The Labute approximate surface area is 99.0 Å². The van der Waals surface area contributed by atoms with Gasteiger partial charge in [-0.15, -0.1) is 4.83 Å². The first-order valence-corrected chi connectivity index (χ1v) is 6.38. The van der Waals surface area contributed by atoms with Gasteiger partial charge in [0.1, 0.15) is 5.82 Å². The van der Waals surface area contributed by atoms with Crippen LogP contribution in [0.2, 0.25) is 0 Å². The number of rotatable bonds is 4. The molecule has 0 spiro atoms. The molecule has 0 aliphatic heterocycles. The molecule has 0 aliphatic rings.